The Morgan fingerprint density at radius 3 is 2.50 bits per heavy atom. The van der Waals surface area contributed by atoms with Gasteiger partial charge in [-0.2, -0.15) is 0 Å². The van der Waals surface area contributed by atoms with Crippen LogP contribution < -0.4 is 5.32 Å². The molecule has 1 N–H and O–H groups in total. The third-order valence-corrected chi connectivity index (χ3v) is 3.03. The van der Waals surface area contributed by atoms with Crippen molar-refractivity contribution in [2.24, 2.45) is 0 Å². The van der Waals surface area contributed by atoms with E-state index in [1.807, 2.05) is 37.4 Å². The molecule has 0 aliphatic carbocycles. The summed E-state index contributed by atoms with van der Waals surface area (Å²) >= 11 is 0. The Morgan fingerprint density at radius 1 is 1.10 bits per heavy atom. The highest BCUT2D eigenvalue weighted by atomic mass is 16.5. The minimum atomic E-state index is -0.362. The van der Waals surface area contributed by atoms with Gasteiger partial charge in [0.2, 0.25) is 0 Å². The zero-order chi connectivity index (χ0) is 14.4. The highest BCUT2D eigenvalue weighted by molar-refractivity contribution is 5.88. The van der Waals surface area contributed by atoms with Gasteiger partial charge in [-0.15, -0.1) is 0 Å². The molecule has 0 radical (unpaired) electrons. The lowest BCUT2D eigenvalue weighted by molar-refractivity contribution is -0.134. The van der Waals surface area contributed by atoms with E-state index in [4.69, 9.17) is 0 Å². The van der Waals surface area contributed by atoms with Crippen molar-refractivity contribution in [2.45, 2.75) is 0 Å². The minimum absolute atomic E-state index is 0.362. The average molecular weight is 267 g/mol. The van der Waals surface area contributed by atoms with Crippen LogP contribution in [0.25, 0.3) is 17.2 Å². The summed E-state index contributed by atoms with van der Waals surface area (Å²) < 4.78 is 4.59. The quantitative estimate of drug-likeness (QED) is 0.679. The maximum absolute atomic E-state index is 11.1. The number of nitrogens with one attached hydrogen (secondary N) is 1. The van der Waals surface area contributed by atoms with Crippen LogP contribution in [0.15, 0.2) is 54.6 Å². The highest BCUT2D eigenvalue weighted by Crippen LogP contribution is 2.26. The van der Waals surface area contributed by atoms with E-state index in [-0.39, 0.29) is 5.97 Å². The second-order valence-corrected chi connectivity index (χ2v) is 4.27. The summed E-state index contributed by atoms with van der Waals surface area (Å²) in [5, 5.41) is 3.14. The maximum atomic E-state index is 11.1. The third-order valence-electron chi connectivity index (χ3n) is 3.03. The van der Waals surface area contributed by atoms with Crippen LogP contribution in [0.1, 0.15) is 5.56 Å². The van der Waals surface area contributed by atoms with E-state index >= 15 is 0 Å². The van der Waals surface area contributed by atoms with Gasteiger partial charge in [0.15, 0.2) is 0 Å². The standard InChI is InChI=1S/C17H17NO2/c1-18-16-12-15(13-6-4-3-5-7-13)9-8-14(16)10-11-17(19)20-2/h3-12,18H,1-2H3. The Balaban J connectivity index is 2.33. The van der Waals surface area contributed by atoms with Crippen molar-refractivity contribution in [3.05, 3.63) is 60.2 Å². The van der Waals surface area contributed by atoms with Crippen LogP contribution >= 0.6 is 0 Å². The first-order valence-electron chi connectivity index (χ1n) is 6.38. The van der Waals surface area contributed by atoms with Gasteiger partial charge < -0.3 is 10.1 Å². The molecule has 0 saturated carbocycles. The average Bonchev–Trinajstić information content (AvgIpc) is 2.53. The van der Waals surface area contributed by atoms with Crippen LogP contribution in [0.2, 0.25) is 0 Å². The molecule has 0 amide bonds. The molecule has 102 valence electrons. The molecule has 0 heterocycles. The van der Waals surface area contributed by atoms with Crippen molar-refractivity contribution in [3.8, 4) is 11.1 Å². The number of anilines is 1. The first-order valence-corrected chi connectivity index (χ1v) is 6.38. The number of hydrogen-bond acceptors (Lipinski definition) is 3. The molecular formula is C17H17NO2. The van der Waals surface area contributed by atoms with Crippen molar-refractivity contribution in [1.29, 1.82) is 0 Å². The topological polar surface area (TPSA) is 38.3 Å². The van der Waals surface area contributed by atoms with Crippen LogP contribution in [0.4, 0.5) is 5.69 Å². The Hall–Kier alpha value is -2.55. The molecule has 2 aromatic rings. The van der Waals surface area contributed by atoms with E-state index in [0.29, 0.717) is 0 Å². The van der Waals surface area contributed by atoms with Crippen molar-refractivity contribution >= 4 is 17.7 Å². The maximum Gasteiger partial charge on any atom is 0.330 e. The van der Waals surface area contributed by atoms with Crippen molar-refractivity contribution < 1.29 is 9.53 Å². The summed E-state index contributed by atoms with van der Waals surface area (Å²) in [5.41, 5.74) is 4.20. The smallest absolute Gasteiger partial charge is 0.330 e. The Kier molecular flexibility index (Phi) is 4.56. The monoisotopic (exact) mass is 267 g/mol. The number of benzene rings is 2. The van der Waals surface area contributed by atoms with E-state index in [2.05, 4.69) is 28.3 Å². The Labute approximate surface area is 118 Å². The van der Waals surface area contributed by atoms with E-state index < -0.39 is 0 Å². The van der Waals surface area contributed by atoms with Gasteiger partial charge in [-0.05, 0) is 28.8 Å². The van der Waals surface area contributed by atoms with Crippen LogP contribution in [0.3, 0.4) is 0 Å². The van der Waals surface area contributed by atoms with Crippen LogP contribution in [0, 0.1) is 0 Å². The molecule has 0 atom stereocenters. The van der Waals surface area contributed by atoms with E-state index in [0.717, 1.165) is 22.4 Å². The van der Waals surface area contributed by atoms with Crippen LogP contribution in [-0.2, 0) is 9.53 Å². The first kappa shape index (κ1) is 13.9. The summed E-state index contributed by atoms with van der Waals surface area (Å²) in [6, 6.07) is 16.2. The van der Waals surface area contributed by atoms with Crippen molar-refractivity contribution in [2.75, 3.05) is 19.5 Å². The number of ether oxygens (including phenoxy) is 1. The lowest BCUT2D eigenvalue weighted by atomic mass is 10.0. The third kappa shape index (κ3) is 3.26. The van der Waals surface area contributed by atoms with Crippen LogP contribution in [-0.4, -0.2) is 20.1 Å². The fourth-order valence-corrected chi connectivity index (χ4v) is 1.95. The summed E-state index contributed by atoms with van der Waals surface area (Å²) in [6.45, 7) is 0. The molecule has 0 bridgehead atoms. The molecule has 20 heavy (non-hydrogen) atoms. The molecule has 0 aromatic heterocycles. The molecule has 0 fully saturated rings. The van der Waals surface area contributed by atoms with Gasteiger partial charge in [0.1, 0.15) is 0 Å². The van der Waals surface area contributed by atoms with Gasteiger partial charge in [-0.3, -0.25) is 0 Å². The van der Waals surface area contributed by atoms with Crippen molar-refractivity contribution in [1.82, 2.24) is 0 Å². The SMILES string of the molecule is CNc1cc(-c2ccccc2)ccc1C=CC(=O)OC. The molecular weight excluding hydrogens is 250 g/mol. The predicted molar refractivity (Wildman–Crippen MR) is 82.5 cm³/mol. The molecule has 0 aliphatic heterocycles. The lowest BCUT2D eigenvalue weighted by Crippen LogP contribution is -1.95. The van der Waals surface area contributed by atoms with Gasteiger partial charge in [-0.25, -0.2) is 4.79 Å². The fourth-order valence-electron chi connectivity index (χ4n) is 1.95. The largest absolute Gasteiger partial charge is 0.466 e. The van der Waals surface area contributed by atoms with Gasteiger partial charge in [-0.1, -0.05) is 42.5 Å². The first-order chi connectivity index (χ1) is 9.74. The van der Waals surface area contributed by atoms with Crippen LogP contribution in [0.5, 0.6) is 0 Å². The number of carbonyl (C=O) groups excluding carboxylic acids is 1. The van der Waals surface area contributed by atoms with Gasteiger partial charge in [0.05, 0.1) is 7.11 Å². The van der Waals surface area contributed by atoms with Gasteiger partial charge in [0.25, 0.3) is 0 Å². The van der Waals surface area contributed by atoms with Crippen molar-refractivity contribution in [3.63, 3.8) is 0 Å². The number of methoxy groups -OCH3 is 1. The molecule has 0 spiro atoms. The summed E-state index contributed by atoms with van der Waals surface area (Å²) in [4.78, 5) is 11.1. The fraction of sp³-hybridized carbons (Fsp3) is 0.118. The molecule has 2 rings (SSSR count). The van der Waals surface area contributed by atoms with Gasteiger partial charge >= 0.3 is 5.97 Å². The minimum Gasteiger partial charge on any atom is -0.466 e. The molecule has 2 aromatic carbocycles. The molecule has 0 aliphatic rings. The van der Waals surface area contributed by atoms with Gasteiger partial charge in [0, 0.05) is 18.8 Å². The number of hydrogen-bond donors (Lipinski definition) is 1. The molecule has 3 nitrogen and oxygen atoms in total. The number of esters is 1. The molecule has 0 saturated heterocycles. The number of rotatable bonds is 4. The lowest BCUT2D eigenvalue weighted by Gasteiger charge is -2.09. The summed E-state index contributed by atoms with van der Waals surface area (Å²) in [6.07, 6.45) is 3.16. The second kappa shape index (κ2) is 6.57. The zero-order valence-corrected chi connectivity index (χ0v) is 11.6. The highest BCUT2D eigenvalue weighted by Gasteiger charge is 2.03. The zero-order valence-electron chi connectivity index (χ0n) is 11.6. The van der Waals surface area contributed by atoms with E-state index in [1.165, 1.54) is 13.2 Å². The Morgan fingerprint density at radius 2 is 1.85 bits per heavy atom. The normalized spacial score (nSPS) is 10.5. The summed E-state index contributed by atoms with van der Waals surface area (Å²) in [5.74, 6) is -0.362. The number of carbonyl (C=O) groups is 1. The summed E-state index contributed by atoms with van der Waals surface area (Å²) in [7, 11) is 3.23. The predicted octanol–water partition coefficient (Wildman–Crippen LogP) is 3.58. The second-order valence-electron chi connectivity index (χ2n) is 4.27. The van der Waals surface area contributed by atoms with E-state index in [9.17, 15) is 4.79 Å². The Bertz CT molecular complexity index is 618. The molecule has 3 heteroatoms. The van der Waals surface area contributed by atoms with E-state index in [1.54, 1.807) is 6.08 Å². The molecule has 0 unspecified atom stereocenters.